The first-order valence-electron chi connectivity index (χ1n) is 7.01. The van der Waals surface area contributed by atoms with E-state index in [2.05, 4.69) is 5.32 Å². The SMILES string of the molecule is CC(=O)CC(NC(=O)C1CCCC1)c1ccccc1. The standard InChI is InChI=1S/C16H21NO2/c1-12(18)11-15(13-7-3-2-4-8-13)17-16(19)14-9-5-6-10-14/h2-4,7-8,14-15H,5-6,9-11H2,1H3,(H,17,19). The molecule has 0 aliphatic heterocycles. The number of carbonyl (C=O) groups is 2. The van der Waals surface area contributed by atoms with Gasteiger partial charge >= 0.3 is 0 Å². The van der Waals surface area contributed by atoms with E-state index in [0.29, 0.717) is 6.42 Å². The lowest BCUT2D eigenvalue weighted by Gasteiger charge is -2.20. The Kier molecular flexibility index (Phi) is 4.72. The first-order valence-corrected chi connectivity index (χ1v) is 7.01. The summed E-state index contributed by atoms with van der Waals surface area (Å²) >= 11 is 0. The molecule has 1 amide bonds. The molecule has 0 saturated heterocycles. The van der Waals surface area contributed by atoms with Crippen LogP contribution in [0.2, 0.25) is 0 Å². The third-order valence-corrected chi connectivity index (χ3v) is 3.74. The number of ketones is 1. The molecule has 1 aromatic carbocycles. The van der Waals surface area contributed by atoms with Gasteiger partial charge in [-0.2, -0.15) is 0 Å². The molecule has 102 valence electrons. The van der Waals surface area contributed by atoms with Gasteiger partial charge in [-0.25, -0.2) is 0 Å². The van der Waals surface area contributed by atoms with Crippen molar-refractivity contribution >= 4 is 11.7 Å². The van der Waals surface area contributed by atoms with E-state index in [0.717, 1.165) is 31.2 Å². The molecule has 0 bridgehead atoms. The minimum Gasteiger partial charge on any atom is -0.349 e. The zero-order chi connectivity index (χ0) is 13.7. The quantitative estimate of drug-likeness (QED) is 0.883. The molecule has 1 unspecified atom stereocenters. The fourth-order valence-electron chi connectivity index (χ4n) is 2.70. The van der Waals surface area contributed by atoms with Crippen molar-refractivity contribution in [1.82, 2.24) is 5.32 Å². The smallest absolute Gasteiger partial charge is 0.223 e. The number of hydrogen-bond donors (Lipinski definition) is 1. The largest absolute Gasteiger partial charge is 0.349 e. The van der Waals surface area contributed by atoms with Crippen molar-refractivity contribution in [2.75, 3.05) is 0 Å². The molecule has 1 aliphatic carbocycles. The van der Waals surface area contributed by atoms with Crippen molar-refractivity contribution in [2.45, 2.75) is 45.1 Å². The summed E-state index contributed by atoms with van der Waals surface area (Å²) in [6.07, 6.45) is 4.60. The molecule has 0 heterocycles. The van der Waals surface area contributed by atoms with Crippen LogP contribution in [0.15, 0.2) is 30.3 Å². The Morgan fingerprint density at radius 1 is 1.21 bits per heavy atom. The molecule has 19 heavy (non-hydrogen) atoms. The average molecular weight is 259 g/mol. The van der Waals surface area contributed by atoms with Gasteiger partial charge in [-0.05, 0) is 25.3 Å². The fourth-order valence-corrected chi connectivity index (χ4v) is 2.70. The van der Waals surface area contributed by atoms with Crippen molar-refractivity contribution in [3.05, 3.63) is 35.9 Å². The molecule has 1 fully saturated rings. The van der Waals surface area contributed by atoms with Gasteiger partial charge in [-0.1, -0.05) is 43.2 Å². The lowest BCUT2D eigenvalue weighted by Crippen LogP contribution is -2.33. The number of hydrogen-bond acceptors (Lipinski definition) is 2. The third kappa shape index (κ3) is 3.91. The second-order valence-electron chi connectivity index (χ2n) is 5.36. The van der Waals surface area contributed by atoms with Crippen LogP contribution >= 0.6 is 0 Å². The van der Waals surface area contributed by atoms with Crippen LogP contribution in [-0.2, 0) is 9.59 Å². The molecular formula is C16H21NO2. The molecule has 1 aliphatic rings. The van der Waals surface area contributed by atoms with Gasteiger partial charge in [0.2, 0.25) is 5.91 Å². The Labute approximate surface area is 114 Å². The monoisotopic (exact) mass is 259 g/mol. The van der Waals surface area contributed by atoms with Gasteiger partial charge in [-0.15, -0.1) is 0 Å². The van der Waals surface area contributed by atoms with E-state index in [9.17, 15) is 9.59 Å². The second-order valence-corrected chi connectivity index (χ2v) is 5.36. The minimum atomic E-state index is -0.188. The number of Topliss-reactive ketones (excluding diaryl/α,β-unsaturated/α-hetero) is 1. The lowest BCUT2D eigenvalue weighted by molar-refractivity contribution is -0.126. The first-order chi connectivity index (χ1) is 9.16. The van der Waals surface area contributed by atoms with Gasteiger partial charge in [0, 0.05) is 12.3 Å². The molecular weight excluding hydrogens is 238 g/mol. The number of benzene rings is 1. The fraction of sp³-hybridized carbons (Fsp3) is 0.500. The highest BCUT2D eigenvalue weighted by atomic mass is 16.2. The van der Waals surface area contributed by atoms with Gasteiger partial charge < -0.3 is 5.32 Å². The van der Waals surface area contributed by atoms with Crippen LogP contribution in [0.3, 0.4) is 0 Å². The molecule has 0 radical (unpaired) electrons. The highest BCUT2D eigenvalue weighted by Gasteiger charge is 2.25. The summed E-state index contributed by atoms with van der Waals surface area (Å²) in [4.78, 5) is 23.6. The van der Waals surface area contributed by atoms with Crippen LogP contribution in [0.1, 0.15) is 50.6 Å². The maximum absolute atomic E-state index is 12.2. The van der Waals surface area contributed by atoms with Crippen LogP contribution < -0.4 is 5.32 Å². The molecule has 3 heteroatoms. The van der Waals surface area contributed by atoms with Crippen LogP contribution in [-0.4, -0.2) is 11.7 Å². The topological polar surface area (TPSA) is 46.2 Å². The Morgan fingerprint density at radius 3 is 2.42 bits per heavy atom. The van der Waals surface area contributed by atoms with E-state index in [1.807, 2.05) is 30.3 Å². The highest BCUT2D eigenvalue weighted by molar-refractivity contribution is 5.81. The summed E-state index contributed by atoms with van der Waals surface area (Å²) in [5.74, 6) is 0.339. The van der Waals surface area contributed by atoms with Gasteiger partial charge in [0.05, 0.1) is 6.04 Å². The van der Waals surface area contributed by atoms with Gasteiger partial charge in [0.15, 0.2) is 0 Å². The highest BCUT2D eigenvalue weighted by Crippen LogP contribution is 2.26. The molecule has 1 aromatic rings. The molecule has 1 atom stereocenters. The third-order valence-electron chi connectivity index (χ3n) is 3.74. The van der Waals surface area contributed by atoms with E-state index in [4.69, 9.17) is 0 Å². The number of rotatable bonds is 5. The zero-order valence-corrected chi connectivity index (χ0v) is 11.4. The zero-order valence-electron chi connectivity index (χ0n) is 11.4. The van der Waals surface area contributed by atoms with Crippen LogP contribution in [0, 0.1) is 5.92 Å². The molecule has 1 saturated carbocycles. The normalized spacial score (nSPS) is 17.1. The van der Waals surface area contributed by atoms with Crippen molar-refractivity contribution in [2.24, 2.45) is 5.92 Å². The Bertz CT molecular complexity index is 435. The predicted molar refractivity (Wildman–Crippen MR) is 74.6 cm³/mol. The van der Waals surface area contributed by atoms with E-state index < -0.39 is 0 Å². The minimum absolute atomic E-state index is 0.0978. The van der Waals surface area contributed by atoms with Crippen LogP contribution in [0.4, 0.5) is 0 Å². The van der Waals surface area contributed by atoms with Crippen molar-refractivity contribution in [3.8, 4) is 0 Å². The Balaban J connectivity index is 2.05. The van der Waals surface area contributed by atoms with E-state index in [-0.39, 0.29) is 23.7 Å². The molecule has 0 spiro atoms. The van der Waals surface area contributed by atoms with E-state index >= 15 is 0 Å². The van der Waals surface area contributed by atoms with Crippen molar-refractivity contribution in [1.29, 1.82) is 0 Å². The number of amides is 1. The Morgan fingerprint density at radius 2 is 1.84 bits per heavy atom. The lowest BCUT2D eigenvalue weighted by atomic mass is 10.00. The summed E-state index contributed by atoms with van der Waals surface area (Å²) < 4.78 is 0. The molecule has 0 aromatic heterocycles. The molecule has 2 rings (SSSR count). The molecule has 3 nitrogen and oxygen atoms in total. The Hall–Kier alpha value is -1.64. The van der Waals surface area contributed by atoms with E-state index in [1.54, 1.807) is 6.92 Å². The van der Waals surface area contributed by atoms with Crippen LogP contribution in [0.25, 0.3) is 0 Å². The first kappa shape index (κ1) is 13.8. The van der Waals surface area contributed by atoms with Crippen LogP contribution in [0.5, 0.6) is 0 Å². The maximum atomic E-state index is 12.2. The summed E-state index contributed by atoms with van der Waals surface area (Å²) in [7, 11) is 0. The number of carbonyl (C=O) groups excluding carboxylic acids is 2. The maximum Gasteiger partial charge on any atom is 0.223 e. The van der Waals surface area contributed by atoms with E-state index in [1.165, 1.54) is 0 Å². The summed E-state index contributed by atoms with van der Waals surface area (Å²) in [5, 5.41) is 3.05. The molecule has 1 N–H and O–H groups in total. The van der Waals surface area contributed by atoms with Crippen molar-refractivity contribution < 1.29 is 9.59 Å². The average Bonchev–Trinajstić information content (AvgIpc) is 2.92. The second kappa shape index (κ2) is 6.50. The summed E-state index contributed by atoms with van der Waals surface area (Å²) in [6.45, 7) is 1.57. The predicted octanol–water partition coefficient (Wildman–Crippen LogP) is 3.01. The van der Waals surface area contributed by atoms with Gasteiger partial charge in [0.1, 0.15) is 5.78 Å². The number of nitrogens with one attached hydrogen (secondary N) is 1. The van der Waals surface area contributed by atoms with Crippen molar-refractivity contribution in [3.63, 3.8) is 0 Å². The van der Waals surface area contributed by atoms with Gasteiger partial charge in [0.25, 0.3) is 0 Å². The summed E-state index contributed by atoms with van der Waals surface area (Å²) in [5.41, 5.74) is 1.00. The summed E-state index contributed by atoms with van der Waals surface area (Å²) in [6, 6.07) is 9.54. The van der Waals surface area contributed by atoms with Gasteiger partial charge in [-0.3, -0.25) is 9.59 Å².